The van der Waals surface area contributed by atoms with Gasteiger partial charge in [0.25, 0.3) is 18.0 Å². The highest BCUT2D eigenvalue weighted by Gasteiger charge is 2.17. The fourth-order valence-corrected chi connectivity index (χ4v) is 5.44. The molecule has 50 heavy (non-hydrogen) atoms. The van der Waals surface area contributed by atoms with Gasteiger partial charge in [-0.05, 0) is 104 Å². The highest BCUT2D eigenvalue weighted by atomic mass is 35.5. The number of aryl methyl sites for hydroxylation is 2. The molecule has 2 atom stereocenters. The summed E-state index contributed by atoms with van der Waals surface area (Å²) in [5, 5.41) is 9.77. The van der Waals surface area contributed by atoms with Gasteiger partial charge in [-0.2, -0.15) is 0 Å². The predicted octanol–water partition coefficient (Wildman–Crippen LogP) is 7.52. The fourth-order valence-electron chi connectivity index (χ4n) is 5.02. The molecule has 0 saturated carbocycles. The van der Waals surface area contributed by atoms with Crippen LogP contribution in [0.4, 0.5) is 21.9 Å². The second-order valence-corrected chi connectivity index (χ2v) is 12.8. The summed E-state index contributed by atoms with van der Waals surface area (Å²) in [5.74, 6) is -0.160. The van der Waals surface area contributed by atoms with Crippen LogP contribution in [0.2, 0.25) is 15.1 Å². The molecule has 2 aliphatic heterocycles. The SMILES string of the molecule is NC1=N[C@@H](CCc2ccc(NC(=O)Nc3ccc(Cl)c(Cl)c3)cc2)CO1.NC1=N[C@@H](CCc2ccc(NC(=O)c3ccc(Cl)cc3)cc2)CO1. The van der Waals surface area contributed by atoms with Gasteiger partial charge < -0.3 is 36.9 Å². The minimum atomic E-state index is -0.357. The van der Waals surface area contributed by atoms with E-state index in [4.69, 9.17) is 55.7 Å². The smallest absolute Gasteiger partial charge is 0.323 e. The summed E-state index contributed by atoms with van der Waals surface area (Å²) in [6.07, 6.45) is 3.50. The van der Waals surface area contributed by atoms with E-state index >= 15 is 0 Å². The molecule has 4 aromatic rings. The summed E-state index contributed by atoms with van der Waals surface area (Å²) >= 11 is 17.6. The van der Waals surface area contributed by atoms with E-state index in [9.17, 15) is 9.59 Å². The summed E-state index contributed by atoms with van der Waals surface area (Å²) < 4.78 is 10.3. The zero-order chi connectivity index (χ0) is 35.5. The lowest BCUT2D eigenvalue weighted by Crippen LogP contribution is -2.19. The van der Waals surface area contributed by atoms with E-state index in [0.717, 1.165) is 36.9 Å². The van der Waals surface area contributed by atoms with Gasteiger partial charge in [0.15, 0.2) is 0 Å². The number of anilines is 3. The molecule has 0 saturated heterocycles. The Kier molecular flexibility index (Phi) is 12.8. The molecule has 0 spiro atoms. The van der Waals surface area contributed by atoms with Gasteiger partial charge in [-0.25, -0.2) is 14.8 Å². The molecular formula is C36H36Cl3N7O4. The summed E-state index contributed by atoms with van der Waals surface area (Å²) in [6, 6.07) is 27.6. The zero-order valence-electron chi connectivity index (χ0n) is 26.9. The molecule has 0 aromatic heterocycles. The number of aliphatic imine (C=N–C) groups is 2. The lowest BCUT2D eigenvalue weighted by molar-refractivity contribution is 0.102. The van der Waals surface area contributed by atoms with E-state index in [1.165, 1.54) is 5.56 Å². The number of carbonyl (C=O) groups excluding carboxylic acids is 2. The van der Waals surface area contributed by atoms with Crippen molar-refractivity contribution in [1.82, 2.24) is 0 Å². The molecule has 0 unspecified atom stereocenters. The van der Waals surface area contributed by atoms with Crippen molar-refractivity contribution in [2.75, 3.05) is 29.2 Å². The summed E-state index contributed by atoms with van der Waals surface area (Å²) in [7, 11) is 0. The highest BCUT2D eigenvalue weighted by molar-refractivity contribution is 6.42. The number of nitrogens with zero attached hydrogens (tertiary/aromatic N) is 2. The largest absolute Gasteiger partial charge is 0.463 e. The van der Waals surface area contributed by atoms with E-state index in [-0.39, 0.29) is 36.1 Å². The van der Waals surface area contributed by atoms with E-state index < -0.39 is 0 Å². The molecule has 0 bridgehead atoms. The summed E-state index contributed by atoms with van der Waals surface area (Å²) in [4.78, 5) is 32.6. The molecule has 0 fully saturated rings. The number of hydrogen-bond donors (Lipinski definition) is 5. The van der Waals surface area contributed by atoms with Crippen LogP contribution in [-0.2, 0) is 22.3 Å². The van der Waals surface area contributed by atoms with Gasteiger partial charge in [-0.1, -0.05) is 59.1 Å². The monoisotopic (exact) mass is 735 g/mol. The molecule has 11 nitrogen and oxygen atoms in total. The lowest BCUT2D eigenvalue weighted by atomic mass is 10.1. The number of rotatable bonds is 10. The van der Waals surface area contributed by atoms with Crippen molar-refractivity contribution in [1.29, 1.82) is 0 Å². The van der Waals surface area contributed by atoms with Gasteiger partial charge in [-0.15, -0.1) is 0 Å². The summed E-state index contributed by atoms with van der Waals surface area (Å²) in [6.45, 7) is 1.10. The minimum Gasteiger partial charge on any atom is -0.463 e. The number of hydrogen-bond acceptors (Lipinski definition) is 8. The Morgan fingerprint density at radius 1 is 0.640 bits per heavy atom. The Bertz CT molecular complexity index is 1840. The van der Waals surface area contributed by atoms with Crippen LogP contribution in [0.1, 0.15) is 34.3 Å². The van der Waals surface area contributed by atoms with Crippen molar-refractivity contribution in [3.63, 3.8) is 0 Å². The third-order valence-electron chi connectivity index (χ3n) is 7.71. The van der Waals surface area contributed by atoms with E-state index in [2.05, 4.69) is 25.9 Å². The molecule has 0 radical (unpaired) electrons. The Hall–Kier alpha value is -4.97. The Morgan fingerprint density at radius 3 is 1.60 bits per heavy atom. The van der Waals surface area contributed by atoms with Crippen molar-refractivity contribution in [3.8, 4) is 0 Å². The average Bonchev–Trinajstić information content (AvgIpc) is 3.73. The minimum absolute atomic E-state index is 0.116. The van der Waals surface area contributed by atoms with E-state index in [0.29, 0.717) is 45.2 Å². The van der Waals surface area contributed by atoms with Crippen molar-refractivity contribution in [2.45, 2.75) is 37.8 Å². The van der Waals surface area contributed by atoms with Crippen molar-refractivity contribution < 1.29 is 19.1 Å². The Morgan fingerprint density at radius 2 is 1.12 bits per heavy atom. The Balaban J connectivity index is 0.000000195. The van der Waals surface area contributed by atoms with Gasteiger partial charge >= 0.3 is 6.03 Å². The van der Waals surface area contributed by atoms with Crippen molar-refractivity contribution in [2.24, 2.45) is 21.5 Å². The van der Waals surface area contributed by atoms with Gasteiger partial charge in [0.05, 0.1) is 22.1 Å². The average molecular weight is 737 g/mol. The number of urea groups is 1. The third kappa shape index (κ3) is 11.3. The standard InChI is InChI=1S/C18H18Cl2N4O2.C18H18ClN3O2/c19-15-8-7-13(9-16(15)20)24-18(25)23-12-4-1-11(2-5-12)3-6-14-10-26-17(21)22-14;19-14-6-4-13(5-7-14)17(23)21-15-8-1-12(2-9-15)3-10-16-11-24-18(20)22-16/h1-2,4-5,7-9,14H,3,6,10H2,(H2,21,22)(H2,23,24,25);1-2,4-9,16H,3,10-11H2,(H2,20,22)(H,21,23)/t14-;16-/m00/s1. The van der Waals surface area contributed by atoms with Crippen LogP contribution in [0.25, 0.3) is 0 Å². The quantitative estimate of drug-likeness (QED) is 0.113. The maximum absolute atomic E-state index is 12.1. The predicted molar refractivity (Wildman–Crippen MR) is 201 cm³/mol. The van der Waals surface area contributed by atoms with Crippen LogP contribution in [-0.4, -0.2) is 49.3 Å². The number of nitrogens with two attached hydrogens (primary N) is 2. The number of ether oxygens (including phenoxy) is 2. The van der Waals surface area contributed by atoms with Crippen LogP contribution >= 0.6 is 34.8 Å². The molecule has 2 heterocycles. The van der Waals surface area contributed by atoms with Crippen molar-refractivity contribution in [3.05, 3.63) is 123 Å². The number of amidine groups is 2. The molecular weight excluding hydrogens is 701 g/mol. The number of benzene rings is 4. The maximum Gasteiger partial charge on any atom is 0.323 e. The van der Waals surface area contributed by atoms with Gasteiger partial charge in [0, 0.05) is 27.6 Å². The maximum atomic E-state index is 12.1. The van der Waals surface area contributed by atoms with Crippen LogP contribution < -0.4 is 27.4 Å². The van der Waals surface area contributed by atoms with Crippen LogP contribution in [0, 0.1) is 0 Å². The van der Waals surface area contributed by atoms with Crippen LogP contribution in [0.5, 0.6) is 0 Å². The van der Waals surface area contributed by atoms with Gasteiger partial charge in [-0.3, -0.25) is 4.79 Å². The third-order valence-corrected chi connectivity index (χ3v) is 8.70. The molecule has 14 heteroatoms. The highest BCUT2D eigenvalue weighted by Crippen LogP contribution is 2.25. The topological polar surface area (TPSA) is 165 Å². The molecule has 4 aromatic carbocycles. The lowest BCUT2D eigenvalue weighted by Gasteiger charge is -2.09. The molecule has 2 aliphatic rings. The van der Waals surface area contributed by atoms with Crippen LogP contribution in [0.3, 0.4) is 0 Å². The number of amides is 3. The molecule has 3 amide bonds. The number of carbonyl (C=O) groups is 2. The van der Waals surface area contributed by atoms with E-state index in [1.807, 2.05) is 48.5 Å². The first-order valence-corrected chi connectivity index (χ1v) is 16.9. The molecule has 0 aliphatic carbocycles. The normalized spacial score (nSPS) is 16.1. The van der Waals surface area contributed by atoms with Gasteiger partial charge in [0.2, 0.25) is 0 Å². The molecule has 260 valence electrons. The first kappa shape index (κ1) is 36.3. The first-order valence-electron chi connectivity index (χ1n) is 15.8. The Labute approximate surface area is 305 Å². The zero-order valence-corrected chi connectivity index (χ0v) is 29.1. The molecule has 6 rings (SSSR count). The van der Waals surface area contributed by atoms with Crippen LogP contribution in [0.15, 0.2) is 101 Å². The summed E-state index contributed by atoms with van der Waals surface area (Å²) in [5.41, 5.74) is 15.9. The number of nitrogens with one attached hydrogen (secondary N) is 3. The van der Waals surface area contributed by atoms with Crippen molar-refractivity contribution >= 4 is 75.8 Å². The number of halogens is 3. The molecule has 7 N–H and O–H groups in total. The first-order chi connectivity index (χ1) is 24.1. The van der Waals surface area contributed by atoms with E-state index in [1.54, 1.807) is 42.5 Å². The van der Waals surface area contributed by atoms with Gasteiger partial charge in [0.1, 0.15) is 13.2 Å². The second kappa shape index (κ2) is 17.6. The fraction of sp³-hybridized carbons (Fsp3) is 0.222. The second-order valence-electron chi connectivity index (χ2n) is 11.5.